The highest BCUT2D eigenvalue weighted by molar-refractivity contribution is 5.92. The number of esters is 1. The average Bonchev–Trinajstić information content (AvgIpc) is 3.07. The monoisotopic (exact) mass is 285 g/mol. The number of methoxy groups -OCH3 is 1. The summed E-state index contributed by atoms with van der Waals surface area (Å²) in [6.07, 6.45) is 2.72. The van der Waals surface area contributed by atoms with E-state index in [2.05, 4.69) is 23.2 Å². The Balaban J connectivity index is 2.11. The molecule has 3 rings (SSSR count). The van der Waals surface area contributed by atoms with Gasteiger partial charge in [0.1, 0.15) is 11.6 Å². The van der Waals surface area contributed by atoms with E-state index in [4.69, 9.17) is 10.5 Å². The lowest BCUT2D eigenvalue weighted by molar-refractivity contribution is 0.0595. The van der Waals surface area contributed by atoms with Crippen LogP contribution >= 0.6 is 0 Å². The summed E-state index contributed by atoms with van der Waals surface area (Å²) < 4.78 is 6.77. The molecule has 0 amide bonds. The normalized spacial score (nSPS) is 16.8. The highest BCUT2D eigenvalue weighted by Crippen LogP contribution is 2.37. The van der Waals surface area contributed by atoms with Gasteiger partial charge in [0.15, 0.2) is 5.69 Å². The lowest BCUT2D eigenvalue weighted by atomic mass is 10.1. The molecule has 0 radical (unpaired) electrons. The molecule has 0 saturated heterocycles. The summed E-state index contributed by atoms with van der Waals surface area (Å²) in [5.41, 5.74) is 9.03. The maximum Gasteiger partial charge on any atom is 0.360 e. The van der Waals surface area contributed by atoms with Crippen LogP contribution in [0.3, 0.4) is 0 Å². The molecule has 5 heteroatoms. The molecule has 0 aliphatic heterocycles. The number of imidazole rings is 1. The second kappa shape index (κ2) is 5.24. The number of hydrogen-bond donors (Lipinski definition) is 1. The zero-order valence-corrected chi connectivity index (χ0v) is 12.3. The standard InChI is InChI=1S/C16H19N3O2/c1-3-13-18-14(16(20)21-2)15(17)19(13)12-9-8-10-6-4-5-7-11(10)12/h4-7,12H,3,8-9,17H2,1-2H3. The first kappa shape index (κ1) is 13.7. The van der Waals surface area contributed by atoms with Gasteiger partial charge in [-0.15, -0.1) is 0 Å². The second-order valence-electron chi connectivity index (χ2n) is 5.23. The van der Waals surface area contributed by atoms with Gasteiger partial charge in [-0.1, -0.05) is 31.2 Å². The number of nitrogens with two attached hydrogens (primary N) is 1. The highest BCUT2D eigenvalue weighted by Gasteiger charge is 2.30. The van der Waals surface area contributed by atoms with E-state index < -0.39 is 5.97 Å². The predicted octanol–water partition coefficient (Wildman–Crippen LogP) is 2.35. The number of carbonyl (C=O) groups is 1. The molecule has 1 atom stereocenters. The third-order valence-corrected chi connectivity index (χ3v) is 4.13. The number of hydrogen-bond acceptors (Lipinski definition) is 4. The van der Waals surface area contributed by atoms with E-state index in [9.17, 15) is 4.79 Å². The molecule has 1 aromatic heterocycles. The molecule has 0 bridgehead atoms. The number of fused-ring (bicyclic) bond motifs is 1. The van der Waals surface area contributed by atoms with E-state index in [0.717, 1.165) is 25.1 Å². The van der Waals surface area contributed by atoms with Crippen LogP contribution < -0.4 is 5.73 Å². The van der Waals surface area contributed by atoms with Crippen molar-refractivity contribution in [2.45, 2.75) is 32.2 Å². The van der Waals surface area contributed by atoms with Crippen LogP contribution in [-0.2, 0) is 17.6 Å². The Morgan fingerprint density at radius 1 is 1.48 bits per heavy atom. The van der Waals surface area contributed by atoms with Gasteiger partial charge in [0.25, 0.3) is 0 Å². The molecule has 2 aromatic rings. The molecular weight excluding hydrogens is 266 g/mol. The van der Waals surface area contributed by atoms with Crippen LogP contribution in [0, 0.1) is 0 Å². The fourth-order valence-corrected chi connectivity index (χ4v) is 3.14. The molecule has 2 N–H and O–H groups in total. The summed E-state index contributed by atoms with van der Waals surface area (Å²) in [5, 5.41) is 0. The van der Waals surface area contributed by atoms with Crippen molar-refractivity contribution in [3.63, 3.8) is 0 Å². The number of nitrogen functional groups attached to an aromatic ring is 1. The van der Waals surface area contributed by atoms with Crippen molar-refractivity contribution in [3.8, 4) is 0 Å². The Hall–Kier alpha value is -2.30. The number of rotatable bonds is 3. The minimum atomic E-state index is -0.479. The number of carbonyl (C=O) groups excluding carboxylic acids is 1. The third kappa shape index (κ3) is 2.09. The summed E-state index contributed by atoms with van der Waals surface area (Å²) in [5.74, 6) is 0.752. The van der Waals surface area contributed by atoms with Gasteiger partial charge in [0.05, 0.1) is 13.2 Å². The van der Waals surface area contributed by atoms with Crippen LogP contribution in [0.1, 0.15) is 46.8 Å². The summed E-state index contributed by atoms with van der Waals surface area (Å²) in [7, 11) is 1.34. The Bertz CT molecular complexity index is 691. The van der Waals surface area contributed by atoms with Gasteiger partial charge in [0, 0.05) is 6.42 Å². The summed E-state index contributed by atoms with van der Waals surface area (Å²) in [6, 6.07) is 8.52. The molecule has 0 saturated carbocycles. The van der Waals surface area contributed by atoms with Crippen LogP contribution in [0.5, 0.6) is 0 Å². The van der Waals surface area contributed by atoms with E-state index >= 15 is 0 Å². The van der Waals surface area contributed by atoms with Crippen molar-refractivity contribution in [2.24, 2.45) is 0 Å². The van der Waals surface area contributed by atoms with Gasteiger partial charge < -0.3 is 15.0 Å². The Morgan fingerprint density at radius 3 is 2.95 bits per heavy atom. The molecule has 1 aliphatic carbocycles. The molecule has 21 heavy (non-hydrogen) atoms. The van der Waals surface area contributed by atoms with E-state index in [1.807, 2.05) is 17.6 Å². The molecule has 0 fully saturated rings. The van der Waals surface area contributed by atoms with Crippen molar-refractivity contribution >= 4 is 11.8 Å². The van der Waals surface area contributed by atoms with Gasteiger partial charge in [-0.3, -0.25) is 0 Å². The zero-order valence-electron chi connectivity index (χ0n) is 12.3. The van der Waals surface area contributed by atoms with Gasteiger partial charge in [0.2, 0.25) is 0 Å². The van der Waals surface area contributed by atoms with E-state index in [1.54, 1.807) is 0 Å². The number of aryl methyl sites for hydroxylation is 2. The fraction of sp³-hybridized carbons (Fsp3) is 0.375. The first-order valence-electron chi connectivity index (χ1n) is 7.20. The van der Waals surface area contributed by atoms with Crippen molar-refractivity contribution < 1.29 is 9.53 Å². The molecule has 5 nitrogen and oxygen atoms in total. The Kier molecular flexibility index (Phi) is 3.41. The second-order valence-corrected chi connectivity index (χ2v) is 5.23. The van der Waals surface area contributed by atoms with Crippen molar-refractivity contribution in [1.82, 2.24) is 9.55 Å². The number of ether oxygens (including phenoxy) is 1. The van der Waals surface area contributed by atoms with Crippen LogP contribution in [0.2, 0.25) is 0 Å². The average molecular weight is 285 g/mol. The van der Waals surface area contributed by atoms with E-state index in [1.165, 1.54) is 18.2 Å². The number of nitrogens with zero attached hydrogens (tertiary/aromatic N) is 2. The van der Waals surface area contributed by atoms with E-state index in [-0.39, 0.29) is 11.7 Å². The Morgan fingerprint density at radius 2 is 2.24 bits per heavy atom. The van der Waals surface area contributed by atoms with Crippen LogP contribution in [0.25, 0.3) is 0 Å². The summed E-state index contributed by atoms with van der Waals surface area (Å²) in [6.45, 7) is 2.01. The van der Waals surface area contributed by atoms with Gasteiger partial charge in [-0.05, 0) is 24.0 Å². The smallest absolute Gasteiger partial charge is 0.360 e. The minimum absolute atomic E-state index is 0.155. The number of aromatic nitrogens is 2. The largest absolute Gasteiger partial charge is 0.464 e. The molecule has 1 heterocycles. The lowest BCUT2D eigenvalue weighted by Crippen LogP contribution is -2.14. The molecule has 1 unspecified atom stereocenters. The molecule has 1 aliphatic rings. The van der Waals surface area contributed by atoms with Gasteiger partial charge in [-0.2, -0.15) is 0 Å². The lowest BCUT2D eigenvalue weighted by Gasteiger charge is -2.18. The van der Waals surface area contributed by atoms with Crippen LogP contribution in [0.15, 0.2) is 24.3 Å². The third-order valence-electron chi connectivity index (χ3n) is 4.13. The Labute approximate surface area is 123 Å². The highest BCUT2D eigenvalue weighted by atomic mass is 16.5. The SMILES string of the molecule is CCc1nc(C(=O)OC)c(N)n1C1CCc2ccccc21. The zero-order chi connectivity index (χ0) is 15.0. The minimum Gasteiger partial charge on any atom is -0.464 e. The first-order chi connectivity index (χ1) is 10.2. The van der Waals surface area contributed by atoms with Crippen molar-refractivity contribution in [2.75, 3.05) is 12.8 Å². The maximum absolute atomic E-state index is 11.8. The molecule has 1 aromatic carbocycles. The van der Waals surface area contributed by atoms with Gasteiger partial charge >= 0.3 is 5.97 Å². The summed E-state index contributed by atoms with van der Waals surface area (Å²) >= 11 is 0. The number of benzene rings is 1. The van der Waals surface area contributed by atoms with Crippen LogP contribution in [-0.4, -0.2) is 22.6 Å². The summed E-state index contributed by atoms with van der Waals surface area (Å²) in [4.78, 5) is 16.2. The van der Waals surface area contributed by atoms with Crippen molar-refractivity contribution in [3.05, 3.63) is 46.9 Å². The van der Waals surface area contributed by atoms with Gasteiger partial charge in [-0.25, -0.2) is 9.78 Å². The topological polar surface area (TPSA) is 70.1 Å². The first-order valence-corrected chi connectivity index (χ1v) is 7.20. The fourth-order valence-electron chi connectivity index (χ4n) is 3.14. The number of anilines is 1. The van der Waals surface area contributed by atoms with Crippen molar-refractivity contribution in [1.29, 1.82) is 0 Å². The molecule has 0 spiro atoms. The molecule has 110 valence electrons. The molecular formula is C16H19N3O2. The predicted molar refractivity (Wildman–Crippen MR) is 80.3 cm³/mol. The van der Waals surface area contributed by atoms with E-state index in [0.29, 0.717) is 5.82 Å². The maximum atomic E-state index is 11.8. The quantitative estimate of drug-likeness (QED) is 0.879. The van der Waals surface area contributed by atoms with Crippen LogP contribution in [0.4, 0.5) is 5.82 Å².